The summed E-state index contributed by atoms with van der Waals surface area (Å²) in [6.07, 6.45) is 11.5. The van der Waals surface area contributed by atoms with Crippen molar-refractivity contribution in [3.8, 4) is 0 Å². The minimum Gasteiger partial charge on any atom is -0.359 e. The number of amides is 3. The van der Waals surface area contributed by atoms with E-state index in [0.717, 1.165) is 44.9 Å². The summed E-state index contributed by atoms with van der Waals surface area (Å²) in [5, 5.41) is 6.41. The van der Waals surface area contributed by atoms with Gasteiger partial charge in [0.1, 0.15) is 11.6 Å². The Bertz CT molecular complexity index is 1170. The lowest BCUT2D eigenvalue weighted by atomic mass is 9.74. The third-order valence-corrected chi connectivity index (χ3v) is 10.5. The summed E-state index contributed by atoms with van der Waals surface area (Å²) in [6.45, 7) is 8.73. The fourth-order valence-electron chi connectivity index (χ4n) is 8.09. The number of benzene rings is 1. The molecule has 2 aliphatic carbocycles. The number of nitrogens with one attached hydrogen (secondary N) is 2. The van der Waals surface area contributed by atoms with Crippen molar-refractivity contribution in [2.75, 3.05) is 5.32 Å². The number of rotatable bonds is 6. The summed E-state index contributed by atoms with van der Waals surface area (Å²) in [5.41, 5.74) is 0.808. The molecular formula is C33H45N3O4. The standard InChI is InChI=1S/C33H45N3O4/c1-19(2)22-11-13-23(14-12-22)34-30(37)27-26-17-18-33(40-26)28(27)32(39)36(24-15-9-20(3)10-16-24)29(33)31(38)35-25-8-6-5-7-21(25)4/h11-14,17-21,24-29H,5-10,15-16H2,1-4H3,(H,34,37)(H,35,38)/t20?,21?,24?,25?,26-,27?,28-,29?,33?/m1/s1. The molecule has 2 saturated heterocycles. The van der Waals surface area contributed by atoms with E-state index in [1.165, 1.54) is 12.0 Å². The first-order valence-electron chi connectivity index (χ1n) is 15.6. The summed E-state index contributed by atoms with van der Waals surface area (Å²) in [4.78, 5) is 44.2. The topological polar surface area (TPSA) is 87.7 Å². The van der Waals surface area contributed by atoms with Crippen LogP contribution >= 0.6 is 0 Å². The van der Waals surface area contributed by atoms with Gasteiger partial charge in [-0.3, -0.25) is 14.4 Å². The summed E-state index contributed by atoms with van der Waals surface area (Å²) in [5.74, 6) is -0.375. The van der Waals surface area contributed by atoms with Crippen LogP contribution in [0.25, 0.3) is 0 Å². The van der Waals surface area contributed by atoms with Gasteiger partial charge in [0, 0.05) is 17.8 Å². The van der Waals surface area contributed by atoms with Crippen LogP contribution in [-0.2, 0) is 19.1 Å². The molecule has 1 aromatic carbocycles. The fraction of sp³-hybridized carbons (Fsp3) is 0.667. The molecule has 3 amide bonds. The number of nitrogens with zero attached hydrogens (tertiary/aromatic N) is 1. The quantitative estimate of drug-likeness (QED) is 0.481. The van der Waals surface area contributed by atoms with Gasteiger partial charge in [-0.1, -0.05) is 64.8 Å². The predicted octanol–water partition coefficient (Wildman–Crippen LogP) is 5.17. The van der Waals surface area contributed by atoms with Gasteiger partial charge < -0.3 is 20.3 Å². The number of hydrogen-bond donors (Lipinski definition) is 2. The second-order valence-corrected chi connectivity index (χ2v) is 13.5. The first-order valence-corrected chi connectivity index (χ1v) is 15.6. The summed E-state index contributed by atoms with van der Waals surface area (Å²) < 4.78 is 6.57. The predicted molar refractivity (Wildman–Crippen MR) is 155 cm³/mol. The molecule has 216 valence electrons. The van der Waals surface area contributed by atoms with Crippen molar-refractivity contribution in [3.05, 3.63) is 42.0 Å². The normalized spacial score (nSPS) is 38.5. The van der Waals surface area contributed by atoms with Gasteiger partial charge in [-0.05, 0) is 74.0 Å². The third-order valence-electron chi connectivity index (χ3n) is 10.5. The highest BCUT2D eigenvalue weighted by Crippen LogP contribution is 2.56. The zero-order valence-electron chi connectivity index (χ0n) is 24.4. The molecule has 4 fully saturated rings. The van der Waals surface area contributed by atoms with Crippen molar-refractivity contribution in [2.45, 2.75) is 115 Å². The third kappa shape index (κ3) is 4.58. The molecule has 1 spiro atoms. The van der Waals surface area contributed by atoms with E-state index in [1.807, 2.05) is 41.3 Å². The minimum absolute atomic E-state index is 0.00783. The highest BCUT2D eigenvalue weighted by Gasteiger charge is 2.73. The molecule has 3 heterocycles. The Balaban J connectivity index is 1.29. The lowest BCUT2D eigenvalue weighted by Gasteiger charge is -2.40. The largest absolute Gasteiger partial charge is 0.359 e. The lowest BCUT2D eigenvalue weighted by Crippen LogP contribution is -2.59. The van der Waals surface area contributed by atoms with E-state index < -0.39 is 29.6 Å². The molecule has 7 atom stereocenters. The maximum Gasteiger partial charge on any atom is 0.246 e. The molecule has 1 aromatic rings. The highest BCUT2D eigenvalue weighted by atomic mass is 16.5. The molecule has 3 aliphatic heterocycles. The summed E-state index contributed by atoms with van der Waals surface area (Å²) in [6, 6.07) is 7.24. The Labute approximate surface area is 238 Å². The molecule has 7 nitrogen and oxygen atoms in total. The van der Waals surface area contributed by atoms with E-state index in [1.54, 1.807) is 0 Å². The Hall–Kier alpha value is -2.67. The number of carbonyl (C=O) groups excluding carboxylic acids is 3. The van der Waals surface area contributed by atoms with Gasteiger partial charge in [-0.2, -0.15) is 0 Å². The number of ether oxygens (including phenoxy) is 1. The summed E-state index contributed by atoms with van der Waals surface area (Å²) >= 11 is 0. The van der Waals surface area contributed by atoms with Gasteiger partial charge in [0.15, 0.2) is 0 Å². The van der Waals surface area contributed by atoms with E-state index in [9.17, 15) is 14.4 Å². The first-order chi connectivity index (χ1) is 19.2. The minimum atomic E-state index is -1.10. The van der Waals surface area contributed by atoms with Gasteiger partial charge in [-0.25, -0.2) is 0 Å². The molecule has 2 bridgehead atoms. The van der Waals surface area contributed by atoms with Crippen molar-refractivity contribution in [3.63, 3.8) is 0 Å². The molecular weight excluding hydrogens is 502 g/mol. The highest BCUT2D eigenvalue weighted by molar-refractivity contribution is 6.03. The molecule has 2 N–H and O–H groups in total. The smallest absolute Gasteiger partial charge is 0.246 e. The van der Waals surface area contributed by atoms with Crippen LogP contribution in [0.3, 0.4) is 0 Å². The van der Waals surface area contributed by atoms with E-state index in [-0.39, 0.29) is 29.8 Å². The molecule has 0 aromatic heterocycles. The number of fused-ring (bicyclic) bond motifs is 1. The fourth-order valence-corrected chi connectivity index (χ4v) is 8.09. The van der Waals surface area contributed by atoms with Crippen LogP contribution in [0.5, 0.6) is 0 Å². The molecule has 7 heteroatoms. The van der Waals surface area contributed by atoms with Crippen LogP contribution in [-0.4, -0.2) is 52.5 Å². The number of carbonyl (C=O) groups is 3. The van der Waals surface area contributed by atoms with E-state index in [0.29, 0.717) is 23.4 Å². The molecule has 0 radical (unpaired) electrons. The van der Waals surface area contributed by atoms with Crippen LogP contribution in [0.2, 0.25) is 0 Å². The van der Waals surface area contributed by atoms with Gasteiger partial charge >= 0.3 is 0 Å². The molecule has 6 rings (SSSR count). The van der Waals surface area contributed by atoms with Crippen molar-refractivity contribution >= 4 is 23.4 Å². The average Bonchev–Trinajstić information content (AvgIpc) is 3.58. The molecule has 40 heavy (non-hydrogen) atoms. The maximum atomic E-state index is 14.4. The van der Waals surface area contributed by atoms with Crippen molar-refractivity contribution in [1.82, 2.24) is 10.2 Å². The molecule has 2 saturated carbocycles. The maximum absolute atomic E-state index is 14.4. The Kier molecular flexibility index (Phi) is 7.30. The first kappa shape index (κ1) is 27.5. The monoisotopic (exact) mass is 547 g/mol. The Morgan fingerprint density at radius 1 is 0.975 bits per heavy atom. The van der Waals surface area contributed by atoms with Gasteiger partial charge in [0.05, 0.1) is 17.9 Å². The SMILES string of the molecule is CC1CCC(N2C(=O)[C@H]3C(C(=O)Nc4ccc(C(C)C)cc4)[C@H]4C=CC3(O4)C2C(=O)NC2CCCCC2C)CC1. The lowest BCUT2D eigenvalue weighted by molar-refractivity contribution is -0.145. The van der Waals surface area contributed by atoms with E-state index in [2.05, 4.69) is 38.3 Å². The van der Waals surface area contributed by atoms with Crippen LogP contribution in [0.15, 0.2) is 36.4 Å². The van der Waals surface area contributed by atoms with Crippen molar-refractivity contribution in [2.24, 2.45) is 23.7 Å². The van der Waals surface area contributed by atoms with Crippen LogP contribution in [0, 0.1) is 23.7 Å². The van der Waals surface area contributed by atoms with E-state index in [4.69, 9.17) is 4.74 Å². The zero-order chi connectivity index (χ0) is 28.2. The van der Waals surface area contributed by atoms with Crippen LogP contribution in [0.1, 0.15) is 90.5 Å². The Morgan fingerprint density at radius 2 is 1.68 bits per heavy atom. The van der Waals surface area contributed by atoms with Gasteiger partial charge in [0.25, 0.3) is 0 Å². The van der Waals surface area contributed by atoms with Crippen LogP contribution in [0.4, 0.5) is 5.69 Å². The Morgan fingerprint density at radius 3 is 2.35 bits per heavy atom. The molecule has 5 aliphatic rings. The second-order valence-electron chi connectivity index (χ2n) is 13.5. The second kappa shape index (κ2) is 10.6. The van der Waals surface area contributed by atoms with Crippen molar-refractivity contribution < 1.29 is 19.1 Å². The number of likely N-dealkylation sites (tertiary alicyclic amines) is 1. The average molecular weight is 548 g/mol. The zero-order valence-corrected chi connectivity index (χ0v) is 24.4. The molecule has 5 unspecified atom stereocenters. The number of hydrogen-bond acceptors (Lipinski definition) is 4. The van der Waals surface area contributed by atoms with Gasteiger partial charge in [0.2, 0.25) is 17.7 Å². The number of anilines is 1. The van der Waals surface area contributed by atoms with E-state index >= 15 is 0 Å². The summed E-state index contributed by atoms with van der Waals surface area (Å²) in [7, 11) is 0. The van der Waals surface area contributed by atoms with Gasteiger partial charge in [-0.15, -0.1) is 0 Å². The van der Waals surface area contributed by atoms with Crippen molar-refractivity contribution in [1.29, 1.82) is 0 Å². The van der Waals surface area contributed by atoms with Crippen LogP contribution < -0.4 is 10.6 Å².